The Balaban J connectivity index is 2.08. The molecule has 1 atom stereocenters. The quantitative estimate of drug-likeness (QED) is 0.267. The highest BCUT2D eigenvalue weighted by Gasteiger charge is 2.34. The molecule has 0 unspecified atom stereocenters. The summed E-state index contributed by atoms with van der Waals surface area (Å²) in [6.45, 7) is 5.65. The number of hydrogen-bond donors (Lipinski definition) is 1. The Bertz CT molecular complexity index is 1460. The normalized spacial score (nSPS) is 11.9. The maximum Gasteiger partial charge on any atom is 0.264 e. The summed E-state index contributed by atoms with van der Waals surface area (Å²) in [6, 6.07) is 17.3. The monoisotopic (exact) mass is 615 g/mol. The summed E-state index contributed by atoms with van der Waals surface area (Å²) in [5.74, 6) is -0.233. The molecule has 0 aliphatic carbocycles. The zero-order valence-corrected chi connectivity index (χ0v) is 26.2. The smallest absolute Gasteiger partial charge is 0.264 e. The minimum absolute atomic E-state index is 0.0782. The predicted molar refractivity (Wildman–Crippen MR) is 165 cm³/mol. The Morgan fingerprint density at radius 1 is 0.929 bits per heavy atom. The standard InChI is InChI=1S/C31H38ClN3O6S/c1-6-18-33-31(37)27(7-2)34(20-23-10-12-24(32)13-11-23)30(36)21-35(25-14-8-22(3)9-15-25)42(38,39)26-16-17-28(40-4)29(19-26)41-5/h8-17,19,27H,6-7,18,20-21H2,1-5H3,(H,33,37)/t27-/m0/s1. The summed E-state index contributed by atoms with van der Waals surface area (Å²) in [6.07, 6.45) is 1.07. The van der Waals surface area contributed by atoms with E-state index < -0.39 is 28.5 Å². The van der Waals surface area contributed by atoms with E-state index in [4.69, 9.17) is 21.1 Å². The first-order valence-corrected chi connectivity index (χ1v) is 15.5. The SMILES string of the molecule is CCCNC(=O)[C@H](CC)N(Cc1ccc(Cl)cc1)C(=O)CN(c1ccc(C)cc1)S(=O)(=O)c1ccc(OC)c(OC)c1. The van der Waals surface area contributed by atoms with Gasteiger partial charge in [0.1, 0.15) is 12.6 Å². The van der Waals surface area contributed by atoms with E-state index in [-0.39, 0.29) is 23.1 Å². The van der Waals surface area contributed by atoms with Gasteiger partial charge in [-0.15, -0.1) is 0 Å². The third-order valence-electron chi connectivity index (χ3n) is 6.75. The first kappa shape index (κ1) is 32.8. The van der Waals surface area contributed by atoms with Crippen LogP contribution >= 0.6 is 11.6 Å². The lowest BCUT2D eigenvalue weighted by molar-refractivity contribution is -0.140. The van der Waals surface area contributed by atoms with Crippen LogP contribution in [0.1, 0.15) is 37.8 Å². The van der Waals surface area contributed by atoms with Crippen molar-refractivity contribution in [3.63, 3.8) is 0 Å². The number of nitrogens with one attached hydrogen (secondary N) is 1. The molecule has 0 radical (unpaired) electrons. The van der Waals surface area contributed by atoms with E-state index in [9.17, 15) is 18.0 Å². The third-order valence-corrected chi connectivity index (χ3v) is 8.77. The van der Waals surface area contributed by atoms with E-state index in [0.29, 0.717) is 29.4 Å². The Hall–Kier alpha value is -3.76. The highest BCUT2D eigenvalue weighted by molar-refractivity contribution is 7.92. The zero-order chi connectivity index (χ0) is 30.9. The van der Waals surface area contributed by atoms with Crippen LogP contribution in [0.3, 0.4) is 0 Å². The number of benzene rings is 3. The second-order valence-corrected chi connectivity index (χ2v) is 12.0. The summed E-state index contributed by atoms with van der Waals surface area (Å²) in [7, 11) is -1.39. The van der Waals surface area contributed by atoms with Crippen LogP contribution in [-0.4, -0.2) is 58.5 Å². The van der Waals surface area contributed by atoms with Crippen LogP contribution in [0.25, 0.3) is 0 Å². The van der Waals surface area contributed by atoms with Gasteiger partial charge in [0.25, 0.3) is 10.0 Å². The second-order valence-electron chi connectivity index (χ2n) is 9.73. The number of carbonyl (C=O) groups excluding carboxylic acids is 2. The zero-order valence-electron chi connectivity index (χ0n) is 24.6. The highest BCUT2D eigenvalue weighted by Crippen LogP contribution is 2.32. The van der Waals surface area contributed by atoms with Crippen molar-refractivity contribution in [2.75, 3.05) is 31.6 Å². The molecule has 42 heavy (non-hydrogen) atoms. The summed E-state index contributed by atoms with van der Waals surface area (Å²) in [5, 5.41) is 3.41. The molecule has 3 rings (SSSR count). The fraction of sp³-hybridized carbons (Fsp3) is 0.355. The van der Waals surface area contributed by atoms with Crippen LogP contribution in [-0.2, 0) is 26.2 Å². The fourth-order valence-corrected chi connectivity index (χ4v) is 5.97. The van der Waals surface area contributed by atoms with Crippen molar-refractivity contribution in [2.45, 2.75) is 51.1 Å². The van der Waals surface area contributed by atoms with Crippen molar-refractivity contribution in [1.82, 2.24) is 10.2 Å². The van der Waals surface area contributed by atoms with Gasteiger partial charge in [-0.1, -0.05) is 55.3 Å². The number of sulfonamides is 1. The molecule has 0 spiro atoms. The van der Waals surface area contributed by atoms with Crippen LogP contribution in [0.15, 0.2) is 71.6 Å². The van der Waals surface area contributed by atoms with Gasteiger partial charge in [-0.3, -0.25) is 13.9 Å². The van der Waals surface area contributed by atoms with Crippen LogP contribution in [0, 0.1) is 6.92 Å². The Morgan fingerprint density at radius 2 is 1.57 bits per heavy atom. The van der Waals surface area contributed by atoms with Gasteiger partial charge in [-0.05, 0) is 61.7 Å². The molecular weight excluding hydrogens is 578 g/mol. The summed E-state index contributed by atoms with van der Waals surface area (Å²) < 4.78 is 39.9. The van der Waals surface area contributed by atoms with E-state index in [0.717, 1.165) is 21.9 Å². The number of hydrogen-bond acceptors (Lipinski definition) is 6. The number of rotatable bonds is 14. The molecule has 0 heterocycles. The minimum atomic E-state index is -4.27. The molecule has 0 aliphatic rings. The van der Waals surface area contributed by atoms with Gasteiger partial charge in [-0.25, -0.2) is 8.42 Å². The van der Waals surface area contributed by atoms with Crippen molar-refractivity contribution >= 4 is 39.1 Å². The molecule has 0 aromatic heterocycles. The number of amides is 2. The van der Waals surface area contributed by atoms with Gasteiger partial charge >= 0.3 is 0 Å². The minimum Gasteiger partial charge on any atom is -0.493 e. The van der Waals surface area contributed by atoms with Crippen molar-refractivity contribution < 1.29 is 27.5 Å². The molecule has 226 valence electrons. The summed E-state index contributed by atoms with van der Waals surface area (Å²) in [5.41, 5.74) is 1.98. The van der Waals surface area contributed by atoms with Crippen LogP contribution in [0.4, 0.5) is 5.69 Å². The molecule has 0 aliphatic heterocycles. The van der Waals surface area contributed by atoms with Gasteiger partial charge < -0.3 is 19.7 Å². The van der Waals surface area contributed by atoms with E-state index in [1.165, 1.54) is 37.3 Å². The number of anilines is 1. The van der Waals surface area contributed by atoms with E-state index in [2.05, 4.69) is 5.32 Å². The molecule has 3 aromatic carbocycles. The number of aryl methyl sites for hydroxylation is 1. The van der Waals surface area contributed by atoms with Crippen molar-refractivity contribution in [3.05, 3.63) is 82.9 Å². The molecule has 1 N–H and O–H groups in total. The number of halogens is 1. The van der Waals surface area contributed by atoms with Gasteiger partial charge in [-0.2, -0.15) is 0 Å². The maximum absolute atomic E-state index is 14.1. The van der Waals surface area contributed by atoms with Gasteiger partial charge in [0.05, 0.1) is 24.8 Å². The largest absolute Gasteiger partial charge is 0.493 e. The fourth-order valence-electron chi connectivity index (χ4n) is 4.42. The Morgan fingerprint density at radius 3 is 2.14 bits per heavy atom. The van der Waals surface area contributed by atoms with E-state index >= 15 is 0 Å². The van der Waals surface area contributed by atoms with E-state index in [1.807, 2.05) is 20.8 Å². The lowest BCUT2D eigenvalue weighted by atomic mass is 10.1. The lowest BCUT2D eigenvalue weighted by Gasteiger charge is -2.33. The topological polar surface area (TPSA) is 105 Å². The molecule has 0 bridgehead atoms. The molecule has 0 saturated heterocycles. The number of carbonyl (C=O) groups is 2. The second kappa shape index (κ2) is 14.9. The molecular formula is C31H38ClN3O6S. The summed E-state index contributed by atoms with van der Waals surface area (Å²) in [4.78, 5) is 28.6. The molecule has 0 fully saturated rings. The van der Waals surface area contributed by atoms with Crippen molar-refractivity contribution in [1.29, 1.82) is 0 Å². The highest BCUT2D eigenvalue weighted by atomic mass is 35.5. The van der Waals surface area contributed by atoms with Crippen molar-refractivity contribution in [3.8, 4) is 11.5 Å². The summed E-state index contributed by atoms with van der Waals surface area (Å²) >= 11 is 6.07. The van der Waals surface area contributed by atoms with Gasteiger partial charge in [0, 0.05) is 24.2 Å². The molecule has 3 aromatic rings. The van der Waals surface area contributed by atoms with Crippen molar-refractivity contribution in [2.24, 2.45) is 0 Å². The molecule has 0 saturated carbocycles. The first-order chi connectivity index (χ1) is 20.0. The molecule has 2 amide bonds. The lowest BCUT2D eigenvalue weighted by Crippen LogP contribution is -2.52. The van der Waals surface area contributed by atoms with Crippen LogP contribution in [0.2, 0.25) is 5.02 Å². The first-order valence-electron chi connectivity index (χ1n) is 13.7. The number of methoxy groups -OCH3 is 2. The Labute approximate surface area is 253 Å². The van der Waals surface area contributed by atoms with Gasteiger partial charge in [0.2, 0.25) is 11.8 Å². The predicted octanol–water partition coefficient (Wildman–Crippen LogP) is 5.19. The third kappa shape index (κ3) is 7.95. The average molecular weight is 616 g/mol. The van der Waals surface area contributed by atoms with Crippen LogP contribution < -0.4 is 19.1 Å². The van der Waals surface area contributed by atoms with Gasteiger partial charge in [0.15, 0.2) is 11.5 Å². The maximum atomic E-state index is 14.1. The van der Waals surface area contributed by atoms with E-state index in [1.54, 1.807) is 48.5 Å². The number of nitrogens with zero attached hydrogens (tertiary/aromatic N) is 2. The molecule has 9 nitrogen and oxygen atoms in total. The Kier molecular flexibility index (Phi) is 11.6. The molecule has 11 heteroatoms. The number of ether oxygens (including phenoxy) is 2. The van der Waals surface area contributed by atoms with Crippen LogP contribution in [0.5, 0.6) is 11.5 Å². The average Bonchev–Trinajstić information content (AvgIpc) is 2.99.